The van der Waals surface area contributed by atoms with Crippen LogP contribution in [0, 0.1) is 6.92 Å². The van der Waals surface area contributed by atoms with E-state index >= 15 is 0 Å². The lowest BCUT2D eigenvalue weighted by atomic mass is 10.1. The molecule has 0 aliphatic rings. The molecule has 2 aromatic rings. The van der Waals surface area contributed by atoms with Gasteiger partial charge in [0.05, 0.1) is 6.20 Å². The third-order valence-electron chi connectivity index (χ3n) is 3.24. The molecule has 1 atom stereocenters. The molecule has 0 radical (unpaired) electrons. The standard InChI is InChI=1S/C14H20N4O2S/c1-11-15-10-14(17-11)21(19,20)16-9-13(18(2)3)12-7-5-4-6-8-12/h4-8,10,13,16H,9H2,1-3H3,(H,15,17). The van der Waals surface area contributed by atoms with Crippen LogP contribution < -0.4 is 4.72 Å². The maximum atomic E-state index is 12.2. The van der Waals surface area contributed by atoms with Crippen LogP contribution in [0.3, 0.4) is 0 Å². The van der Waals surface area contributed by atoms with E-state index in [1.165, 1.54) is 6.20 Å². The first-order chi connectivity index (χ1) is 9.90. The second kappa shape index (κ2) is 6.38. The highest BCUT2D eigenvalue weighted by atomic mass is 32.2. The number of H-pyrrole nitrogens is 1. The van der Waals surface area contributed by atoms with Gasteiger partial charge in [0.15, 0.2) is 5.03 Å². The summed E-state index contributed by atoms with van der Waals surface area (Å²) in [4.78, 5) is 8.63. The number of nitrogens with one attached hydrogen (secondary N) is 2. The summed E-state index contributed by atoms with van der Waals surface area (Å²) in [5.74, 6) is 0.572. The van der Waals surface area contributed by atoms with Crippen molar-refractivity contribution in [1.29, 1.82) is 0 Å². The van der Waals surface area contributed by atoms with E-state index in [4.69, 9.17) is 0 Å². The minimum atomic E-state index is -3.57. The van der Waals surface area contributed by atoms with Crippen LogP contribution in [0.5, 0.6) is 0 Å². The number of nitrogens with zero attached hydrogens (tertiary/aromatic N) is 2. The van der Waals surface area contributed by atoms with Gasteiger partial charge >= 0.3 is 0 Å². The zero-order valence-corrected chi connectivity index (χ0v) is 13.2. The van der Waals surface area contributed by atoms with Crippen LogP contribution in [-0.4, -0.2) is 43.9 Å². The molecule has 1 aromatic carbocycles. The highest BCUT2D eigenvalue weighted by Gasteiger charge is 2.20. The van der Waals surface area contributed by atoms with Crippen molar-refractivity contribution in [3.8, 4) is 0 Å². The minimum Gasteiger partial charge on any atom is -0.332 e. The SMILES string of the molecule is Cc1ncc(S(=O)(=O)NCC(c2ccccc2)N(C)C)[nH]1. The Morgan fingerprint density at radius 2 is 1.95 bits per heavy atom. The Kier molecular flexibility index (Phi) is 4.76. The molecule has 0 fully saturated rings. The summed E-state index contributed by atoms with van der Waals surface area (Å²) in [6, 6.07) is 9.76. The normalized spacial score (nSPS) is 13.5. The van der Waals surface area contributed by atoms with Crippen LogP contribution in [0.4, 0.5) is 0 Å². The Bertz CT molecular complexity index is 680. The topological polar surface area (TPSA) is 78.1 Å². The van der Waals surface area contributed by atoms with Gasteiger partial charge in [0, 0.05) is 12.6 Å². The van der Waals surface area contributed by atoms with E-state index in [1.807, 2.05) is 49.3 Å². The van der Waals surface area contributed by atoms with Gasteiger partial charge in [-0.1, -0.05) is 30.3 Å². The molecule has 1 aromatic heterocycles. The molecule has 7 heteroatoms. The van der Waals surface area contributed by atoms with Crippen LogP contribution in [0.25, 0.3) is 0 Å². The molecule has 0 amide bonds. The van der Waals surface area contributed by atoms with Gasteiger partial charge in [-0.15, -0.1) is 0 Å². The minimum absolute atomic E-state index is 0.0370. The second-order valence-electron chi connectivity index (χ2n) is 5.07. The summed E-state index contributed by atoms with van der Waals surface area (Å²) >= 11 is 0. The van der Waals surface area contributed by atoms with Gasteiger partial charge < -0.3 is 9.88 Å². The number of aromatic amines is 1. The van der Waals surface area contributed by atoms with Gasteiger partial charge in [0.1, 0.15) is 5.82 Å². The Balaban J connectivity index is 2.13. The number of rotatable bonds is 6. The molecular weight excluding hydrogens is 288 g/mol. The van der Waals surface area contributed by atoms with Crippen molar-refractivity contribution in [3.63, 3.8) is 0 Å². The van der Waals surface area contributed by atoms with Crippen LogP contribution in [0.1, 0.15) is 17.4 Å². The molecule has 0 spiro atoms. The van der Waals surface area contributed by atoms with E-state index in [0.717, 1.165) is 5.56 Å². The first-order valence-electron chi connectivity index (χ1n) is 6.63. The third-order valence-corrected chi connectivity index (χ3v) is 4.58. The average Bonchev–Trinajstić information content (AvgIpc) is 2.87. The first-order valence-corrected chi connectivity index (χ1v) is 8.11. The quantitative estimate of drug-likeness (QED) is 0.843. The number of sulfonamides is 1. The van der Waals surface area contributed by atoms with Crippen molar-refractivity contribution < 1.29 is 8.42 Å². The van der Waals surface area contributed by atoms with Crippen LogP contribution in [0.2, 0.25) is 0 Å². The maximum Gasteiger partial charge on any atom is 0.257 e. The van der Waals surface area contributed by atoms with Crippen LogP contribution >= 0.6 is 0 Å². The average molecular weight is 308 g/mol. The smallest absolute Gasteiger partial charge is 0.257 e. The van der Waals surface area contributed by atoms with Crippen LogP contribution in [0.15, 0.2) is 41.6 Å². The Labute approximate surface area is 125 Å². The van der Waals surface area contributed by atoms with Crippen molar-refractivity contribution >= 4 is 10.0 Å². The molecule has 0 aliphatic heterocycles. The van der Waals surface area contributed by atoms with Crippen molar-refractivity contribution in [2.24, 2.45) is 0 Å². The van der Waals surface area contributed by atoms with Crippen molar-refractivity contribution in [2.75, 3.05) is 20.6 Å². The highest BCUT2D eigenvalue weighted by Crippen LogP contribution is 2.17. The van der Waals surface area contributed by atoms with E-state index in [-0.39, 0.29) is 17.6 Å². The number of benzene rings is 1. The van der Waals surface area contributed by atoms with Gasteiger partial charge in [-0.3, -0.25) is 0 Å². The van der Waals surface area contributed by atoms with E-state index < -0.39 is 10.0 Å². The monoisotopic (exact) mass is 308 g/mol. The van der Waals surface area contributed by atoms with Gasteiger partial charge in [-0.25, -0.2) is 18.1 Å². The van der Waals surface area contributed by atoms with Crippen LogP contribution in [-0.2, 0) is 10.0 Å². The molecular formula is C14H20N4O2S. The van der Waals surface area contributed by atoms with E-state index in [2.05, 4.69) is 14.7 Å². The first kappa shape index (κ1) is 15.7. The number of likely N-dealkylation sites (N-methyl/N-ethyl adjacent to an activating group) is 1. The van der Waals surface area contributed by atoms with E-state index in [0.29, 0.717) is 5.82 Å². The third kappa shape index (κ3) is 3.90. The molecule has 0 bridgehead atoms. The molecule has 6 nitrogen and oxygen atoms in total. The van der Waals surface area contributed by atoms with Gasteiger partial charge in [0.25, 0.3) is 10.0 Å². The van der Waals surface area contributed by atoms with Crippen molar-refractivity contribution in [3.05, 3.63) is 47.9 Å². The Morgan fingerprint density at radius 1 is 1.29 bits per heavy atom. The fourth-order valence-corrected chi connectivity index (χ4v) is 3.08. The van der Waals surface area contributed by atoms with E-state index in [9.17, 15) is 8.42 Å². The molecule has 2 N–H and O–H groups in total. The number of aryl methyl sites for hydroxylation is 1. The molecule has 114 valence electrons. The van der Waals surface area contributed by atoms with E-state index in [1.54, 1.807) is 6.92 Å². The zero-order chi connectivity index (χ0) is 15.5. The van der Waals surface area contributed by atoms with Gasteiger partial charge in [-0.05, 0) is 26.6 Å². The Hall–Kier alpha value is -1.70. The lowest BCUT2D eigenvalue weighted by molar-refractivity contribution is 0.299. The molecule has 0 saturated carbocycles. The number of hydrogen-bond acceptors (Lipinski definition) is 4. The van der Waals surface area contributed by atoms with Crippen molar-refractivity contribution in [1.82, 2.24) is 19.6 Å². The molecule has 1 heterocycles. The largest absolute Gasteiger partial charge is 0.332 e. The molecule has 0 aliphatic carbocycles. The fourth-order valence-electron chi connectivity index (χ4n) is 2.08. The molecule has 0 saturated heterocycles. The van der Waals surface area contributed by atoms with Gasteiger partial charge in [0.2, 0.25) is 0 Å². The number of hydrogen-bond donors (Lipinski definition) is 2. The summed E-state index contributed by atoms with van der Waals surface area (Å²) in [7, 11) is 0.275. The van der Waals surface area contributed by atoms with Gasteiger partial charge in [-0.2, -0.15) is 0 Å². The summed E-state index contributed by atoms with van der Waals surface area (Å²) in [6.45, 7) is 2.00. The number of aromatic nitrogens is 2. The predicted molar refractivity (Wildman–Crippen MR) is 81.4 cm³/mol. The Morgan fingerprint density at radius 3 is 2.48 bits per heavy atom. The number of imidazole rings is 1. The highest BCUT2D eigenvalue weighted by molar-refractivity contribution is 7.89. The van der Waals surface area contributed by atoms with Crippen molar-refractivity contribution in [2.45, 2.75) is 18.0 Å². The predicted octanol–water partition coefficient (Wildman–Crippen LogP) is 1.30. The molecule has 2 rings (SSSR count). The zero-order valence-electron chi connectivity index (χ0n) is 12.4. The summed E-state index contributed by atoms with van der Waals surface area (Å²) < 4.78 is 27.0. The second-order valence-corrected chi connectivity index (χ2v) is 6.81. The molecule has 1 unspecified atom stereocenters. The lowest BCUT2D eigenvalue weighted by Crippen LogP contribution is -2.34. The summed E-state index contributed by atoms with van der Waals surface area (Å²) in [5, 5.41) is 0.0885. The fraction of sp³-hybridized carbons (Fsp3) is 0.357. The molecule has 21 heavy (non-hydrogen) atoms. The maximum absolute atomic E-state index is 12.2. The lowest BCUT2D eigenvalue weighted by Gasteiger charge is -2.24. The summed E-state index contributed by atoms with van der Waals surface area (Å²) in [6.07, 6.45) is 1.32. The summed E-state index contributed by atoms with van der Waals surface area (Å²) in [5.41, 5.74) is 1.06.